The molecule has 3 nitrogen and oxygen atoms in total. The van der Waals surface area contributed by atoms with Gasteiger partial charge in [0, 0.05) is 9.75 Å². The van der Waals surface area contributed by atoms with Crippen LogP contribution in [-0.4, -0.2) is 5.91 Å². The van der Waals surface area contributed by atoms with Crippen LogP contribution in [0.3, 0.4) is 0 Å². The van der Waals surface area contributed by atoms with Crippen molar-refractivity contribution in [1.29, 1.82) is 0 Å². The number of carbonyl (C=O) groups is 1. The quantitative estimate of drug-likeness (QED) is 0.680. The van der Waals surface area contributed by atoms with Crippen LogP contribution in [0.1, 0.15) is 15.8 Å². The van der Waals surface area contributed by atoms with Crippen LogP contribution in [-0.2, 0) is 4.79 Å². The number of carbonyl (C=O) groups excluding carboxylic acids is 1. The van der Waals surface area contributed by atoms with Crippen LogP contribution >= 0.6 is 11.3 Å². The first-order valence-corrected chi connectivity index (χ1v) is 4.04. The van der Waals surface area contributed by atoms with Gasteiger partial charge in [-0.1, -0.05) is 0 Å². The lowest BCUT2D eigenvalue weighted by atomic mass is 10.2. The highest BCUT2D eigenvalue weighted by Crippen LogP contribution is 2.20. The molecule has 1 amide bonds. The largest absolute Gasteiger partial charge is 0.368 e. The van der Waals surface area contributed by atoms with Crippen molar-refractivity contribution in [1.82, 2.24) is 0 Å². The van der Waals surface area contributed by atoms with Crippen LogP contribution in [0.15, 0.2) is 12.1 Å². The summed E-state index contributed by atoms with van der Waals surface area (Å²) in [6.07, 6.45) is 0. The number of aryl methyl sites for hydroxylation is 1. The van der Waals surface area contributed by atoms with Crippen molar-refractivity contribution < 1.29 is 4.79 Å². The molecule has 0 aromatic carbocycles. The maximum Gasteiger partial charge on any atom is 0.239 e. The minimum Gasteiger partial charge on any atom is -0.368 e. The molecule has 0 bridgehead atoms. The summed E-state index contributed by atoms with van der Waals surface area (Å²) < 4.78 is 0. The predicted molar refractivity (Wildman–Crippen MR) is 45.2 cm³/mol. The normalized spacial score (nSPS) is 12.9. The third kappa shape index (κ3) is 1.78. The number of rotatable bonds is 2. The monoisotopic (exact) mass is 170 g/mol. The standard InChI is InChI=1S/C7H10N2OS/c1-4-2-3-5(11-4)6(8)7(9)10/h2-3,6H,8H2,1H3,(H2,9,10)/t6-/m0/s1. The average Bonchev–Trinajstić information content (AvgIpc) is 2.34. The Hall–Kier alpha value is -0.870. The number of hydrogen-bond acceptors (Lipinski definition) is 3. The summed E-state index contributed by atoms with van der Waals surface area (Å²) in [7, 11) is 0. The second kappa shape index (κ2) is 3.02. The average molecular weight is 170 g/mol. The van der Waals surface area contributed by atoms with Crippen molar-refractivity contribution in [2.45, 2.75) is 13.0 Å². The van der Waals surface area contributed by atoms with Gasteiger partial charge in [-0.25, -0.2) is 0 Å². The number of amides is 1. The van der Waals surface area contributed by atoms with Crippen LogP contribution < -0.4 is 11.5 Å². The summed E-state index contributed by atoms with van der Waals surface area (Å²) in [6.45, 7) is 1.96. The lowest BCUT2D eigenvalue weighted by Crippen LogP contribution is -2.27. The molecule has 0 unspecified atom stereocenters. The van der Waals surface area contributed by atoms with E-state index >= 15 is 0 Å². The molecule has 0 aliphatic heterocycles. The van der Waals surface area contributed by atoms with Gasteiger partial charge in [-0.15, -0.1) is 11.3 Å². The number of nitrogens with two attached hydrogens (primary N) is 2. The van der Waals surface area contributed by atoms with Gasteiger partial charge >= 0.3 is 0 Å². The molecule has 1 heterocycles. The zero-order valence-corrected chi connectivity index (χ0v) is 7.02. The lowest BCUT2D eigenvalue weighted by molar-refractivity contribution is -0.119. The van der Waals surface area contributed by atoms with Gasteiger partial charge in [-0.3, -0.25) is 4.79 Å². The highest BCUT2D eigenvalue weighted by atomic mass is 32.1. The van der Waals surface area contributed by atoms with E-state index in [1.807, 2.05) is 19.1 Å². The molecule has 1 atom stereocenters. The molecule has 0 saturated carbocycles. The molecule has 4 N–H and O–H groups in total. The van der Waals surface area contributed by atoms with Gasteiger partial charge in [-0.05, 0) is 19.1 Å². The van der Waals surface area contributed by atoms with Gasteiger partial charge in [-0.2, -0.15) is 0 Å². The van der Waals surface area contributed by atoms with E-state index < -0.39 is 11.9 Å². The highest BCUT2D eigenvalue weighted by Gasteiger charge is 2.12. The van der Waals surface area contributed by atoms with E-state index in [1.165, 1.54) is 11.3 Å². The van der Waals surface area contributed by atoms with Gasteiger partial charge in [0.2, 0.25) is 5.91 Å². The van der Waals surface area contributed by atoms with E-state index in [0.717, 1.165) is 9.75 Å². The Kier molecular flexibility index (Phi) is 2.26. The fourth-order valence-electron chi connectivity index (χ4n) is 0.761. The van der Waals surface area contributed by atoms with Crippen molar-refractivity contribution in [3.05, 3.63) is 21.9 Å². The molecule has 0 aliphatic carbocycles. The summed E-state index contributed by atoms with van der Waals surface area (Å²) in [5.41, 5.74) is 10.5. The SMILES string of the molecule is Cc1ccc([C@H](N)C(N)=O)s1. The number of thiophene rings is 1. The number of primary amides is 1. The molecule has 0 spiro atoms. The molecule has 1 rings (SSSR count). The van der Waals surface area contributed by atoms with Gasteiger partial charge in [0.25, 0.3) is 0 Å². The minimum atomic E-state index is -0.645. The molecular weight excluding hydrogens is 160 g/mol. The van der Waals surface area contributed by atoms with Crippen LogP contribution in [0.4, 0.5) is 0 Å². The molecule has 60 valence electrons. The predicted octanol–water partition coefficient (Wildman–Crippen LogP) is 0.542. The molecule has 0 aliphatic rings. The van der Waals surface area contributed by atoms with E-state index in [9.17, 15) is 4.79 Å². The lowest BCUT2D eigenvalue weighted by Gasteiger charge is -2.01. The van der Waals surface area contributed by atoms with E-state index in [0.29, 0.717) is 0 Å². The van der Waals surface area contributed by atoms with Crippen LogP contribution in [0.2, 0.25) is 0 Å². The molecule has 4 heteroatoms. The first-order chi connectivity index (χ1) is 5.11. The molecule has 11 heavy (non-hydrogen) atoms. The zero-order valence-electron chi connectivity index (χ0n) is 6.20. The molecule has 1 aromatic heterocycles. The van der Waals surface area contributed by atoms with Gasteiger partial charge in [0.15, 0.2) is 0 Å². The first kappa shape index (κ1) is 8.23. The summed E-state index contributed by atoms with van der Waals surface area (Å²) >= 11 is 1.50. The van der Waals surface area contributed by atoms with Crippen molar-refractivity contribution >= 4 is 17.2 Å². The van der Waals surface area contributed by atoms with E-state index in [1.54, 1.807) is 0 Å². The topological polar surface area (TPSA) is 69.1 Å². The summed E-state index contributed by atoms with van der Waals surface area (Å²) in [5.74, 6) is -0.480. The van der Waals surface area contributed by atoms with Gasteiger partial charge in [0.1, 0.15) is 6.04 Å². The number of hydrogen-bond donors (Lipinski definition) is 2. The Morgan fingerprint density at radius 1 is 1.64 bits per heavy atom. The summed E-state index contributed by atoms with van der Waals surface area (Å²) in [4.78, 5) is 12.6. The Balaban J connectivity index is 2.84. The highest BCUT2D eigenvalue weighted by molar-refractivity contribution is 7.12. The van der Waals surface area contributed by atoms with Crippen LogP contribution in [0, 0.1) is 6.92 Å². The van der Waals surface area contributed by atoms with Gasteiger partial charge in [0.05, 0.1) is 0 Å². The van der Waals surface area contributed by atoms with Crippen molar-refractivity contribution in [3.8, 4) is 0 Å². The van der Waals surface area contributed by atoms with Crippen LogP contribution in [0.5, 0.6) is 0 Å². The van der Waals surface area contributed by atoms with Crippen molar-refractivity contribution in [2.24, 2.45) is 11.5 Å². The van der Waals surface area contributed by atoms with E-state index in [-0.39, 0.29) is 0 Å². The summed E-state index contributed by atoms with van der Waals surface area (Å²) in [6, 6.07) is 3.10. The zero-order chi connectivity index (χ0) is 8.43. The molecule has 1 aromatic rings. The Bertz CT molecular complexity index is 269. The molecule has 0 fully saturated rings. The second-order valence-corrected chi connectivity index (χ2v) is 3.65. The molecule has 0 radical (unpaired) electrons. The first-order valence-electron chi connectivity index (χ1n) is 3.22. The Labute approximate surface area is 69.0 Å². The summed E-state index contributed by atoms with van der Waals surface area (Å²) in [5, 5.41) is 0. The fourth-order valence-corrected chi connectivity index (χ4v) is 1.65. The third-order valence-electron chi connectivity index (χ3n) is 1.37. The van der Waals surface area contributed by atoms with Crippen molar-refractivity contribution in [3.63, 3.8) is 0 Å². The maximum atomic E-state index is 10.6. The van der Waals surface area contributed by atoms with E-state index in [2.05, 4.69) is 0 Å². The Morgan fingerprint density at radius 3 is 2.64 bits per heavy atom. The minimum absolute atomic E-state index is 0.480. The van der Waals surface area contributed by atoms with Gasteiger partial charge < -0.3 is 11.5 Å². The Morgan fingerprint density at radius 2 is 2.27 bits per heavy atom. The van der Waals surface area contributed by atoms with Crippen molar-refractivity contribution in [2.75, 3.05) is 0 Å². The fraction of sp³-hybridized carbons (Fsp3) is 0.286. The third-order valence-corrected chi connectivity index (χ3v) is 2.46. The maximum absolute atomic E-state index is 10.6. The smallest absolute Gasteiger partial charge is 0.239 e. The second-order valence-electron chi connectivity index (χ2n) is 2.33. The van der Waals surface area contributed by atoms with E-state index in [4.69, 9.17) is 11.5 Å². The molecular formula is C7H10N2OS. The van der Waals surface area contributed by atoms with Crippen LogP contribution in [0.25, 0.3) is 0 Å². The molecule has 0 saturated heterocycles.